The Morgan fingerprint density at radius 1 is 0.933 bits per heavy atom. The lowest BCUT2D eigenvalue weighted by atomic mass is 10.1. The van der Waals surface area contributed by atoms with Crippen molar-refractivity contribution >= 4 is 17.6 Å². The minimum Gasteiger partial charge on any atom is -0.493 e. The largest absolute Gasteiger partial charge is 0.493 e. The van der Waals surface area contributed by atoms with Crippen molar-refractivity contribution in [3.63, 3.8) is 0 Å². The first-order valence-corrected chi connectivity index (χ1v) is 9.54. The number of rotatable bonds is 9. The zero-order chi connectivity index (χ0) is 22.1. The van der Waals surface area contributed by atoms with Crippen LogP contribution in [0.1, 0.15) is 47.9 Å². The fourth-order valence-corrected chi connectivity index (χ4v) is 2.48. The van der Waals surface area contributed by atoms with E-state index in [1.165, 1.54) is 13.2 Å². The van der Waals surface area contributed by atoms with Crippen molar-refractivity contribution in [3.8, 4) is 17.2 Å². The Balaban J connectivity index is 1.85. The molecule has 0 bridgehead atoms. The van der Waals surface area contributed by atoms with Crippen LogP contribution in [-0.4, -0.2) is 37.4 Å². The van der Waals surface area contributed by atoms with Crippen LogP contribution in [0.5, 0.6) is 17.2 Å². The van der Waals surface area contributed by atoms with Gasteiger partial charge >= 0.3 is 0 Å². The molecular formula is C22H26N2O6. The molecule has 0 radical (unpaired) electrons. The monoisotopic (exact) mass is 414 g/mol. The van der Waals surface area contributed by atoms with Crippen LogP contribution in [0.2, 0.25) is 0 Å². The lowest BCUT2D eigenvalue weighted by Gasteiger charge is -2.14. The summed E-state index contributed by atoms with van der Waals surface area (Å²) in [6, 6.07) is 11.2. The van der Waals surface area contributed by atoms with Crippen molar-refractivity contribution in [1.82, 2.24) is 10.9 Å². The first-order chi connectivity index (χ1) is 14.3. The van der Waals surface area contributed by atoms with Crippen molar-refractivity contribution in [2.45, 2.75) is 33.3 Å². The molecule has 2 amide bonds. The normalized spacial score (nSPS) is 10.3. The van der Waals surface area contributed by atoms with Gasteiger partial charge in [0.2, 0.25) is 0 Å². The van der Waals surface area contributed by atoms with Gasteiger partial charge in [-0.15, -0.1) is 0 Å². The number of hydrogen-bond acceptors (Lipinski definition) is 6. The van der Waals surface area contributed by atoms with Gasteiger partial charge in [-0.25, -0.2) is 0 Å². The van der Waals surface area contributed by atoms with E-state index in [0.717, 1.165) is 0 Å². The molecule has 2 rings (SSSR count). The third-order valence-corrected chi connectivity index (χ3v) is 3.97. The molecule has 2 aromatic rings. The molecule has 0 spiro atoms. The second-order valence-electron chi connectivity index (χ2n) is 6.62. The number of amides is 2. The standard InChI is InChI=1S/C22H26N2O6/c1-5-18(25)15-6-9-17(10-7-15)29-13-21(26)23-24-22(27)16-8-11-19(30-14(2)3)20(12-16)28-4/h6-12,14H,5,13H2,1-4H3,(H,23,26)(H,24,27). The van der Waals surface area contributed by atoms with Crippen molar-refractivity contribution in [3.05, 3.63) is 53.6 Å². The van der Waals surface area contributed by atoms with Crippen LogP contribution in [0, 0.1) is 0 Å². The number of methoxy groups -OCH3 is 1. The smallest absolute Gasteiger partial charge is 0.276 e. The van der Waals surface area contributed by atoms with Gasteiger partial charge in [0.25, 0.3) is 11.8 Å². The first kappa shape index (κ1) is 22.7. The maximum atomic E-state index is 12.3. The van der Waals surface area contributed by atoms with Gasteiger partial charge in [0.15, 0.2) is 23.9 Å². The van der Waals surface area contributed by atoms with Gasteiger partial charge in [0.1, 0.15) is 5.75 Å². The van der Waals surface area contributed by atoms with Crippen molar-refractivity contribution in [2.24, 2.45) is 0 Å². The molecule has 0 aliphatic heterocycles. The Morgan fingerprint density at radius 2 is 1.60 bits per heavy atom. The minimum absolute atomic E-state index is 0.0300. The van der Waals surface area contributed by atoms with Crippen LogP contribution in [0.4, 0.5) is 0 Å². The minimum atomic E-state index is -0.538. The van der Waals surface area contributed by atoms with Crippen LogP contribution in [-0.2, 0) is 4.79 Å². The van der Waals surface area contributed by atoms with Crippen molar-refractivity contribution in [1.29, 1.82) is 0 Å². The van der Waals surface area contributed by atoms with Crippen LogP contribution < -0.4 is 25.1 Å². The van der Waals surface area contributed by atoms with E-state index in [1.807, 2.05) is 13.8 Å². The second kappa shape index (κ2) is 10.8. The Morgan fingerprint density at radius 3 is 2.20 bits per heavy atom. The Bertz CT molecular complexity index is 893. The number of benzene rings is 2. The van der Waals surface area contributed by atoms with E-state index >= 15 is 0 Å². The first-order valence-electron chi connectivity index (χ1n) is 9.54. The molecule has 0 saturated heterocycles. The maximum Gasteiger partial charge on any atom is 0.276 e. The highest BCUT2D eigenvalue weighted by atomic mass is 16.5. The zero-order valence-electron chi connectivity index (χ0n) is 17.5. The Hall–Kier alpha value is -3.55. The third-order valence-electron chi connectivity index (χ3n) is 3.97. The van der Waals surface area contributed by atoms with Crippen molar-refractivity contribution in [2.75, 3.05) is 13.7 Å². The second-order valence-corrected chi connectivity index (χ2v) is 6.62. The molecule has 8 heteroatoms. The molecule has 30 heavy (non-hydrogen) atoms. The SMILES string of the molecule is CCC(=O)c1ccc(OCC(=O)NNC(=O)c2ccc(OC(C)C)c(OC)c2)cc1. The maximum absolute atomic E-state index is 12.3. The summed E-state index contributed by atoms with van der Waals surface area (Å²) < 4.78 is 16.2. The lowest BCUT2D eigenvalue weighted by molar-refractivity contribution is -0.123. The predicted octanol–water partition coefficient (Wildman–Crippen LogP) is 2.92. The van der Waals surface area contributed by atoms with E-state index in [4.69, 9.17) is 14.2 Å². The predicted molar refractivity (Wildman–Crippen MR) is 111 cm³/mol. The van der Waals surface area contributed by atoms with E-state index in [1.54, 1.807) is 43.3 Å². The summed E-state index contributed by atoms with van der Waals surface area (Å²) in [7, 11) is 1.48. The third kappa shape index (κ3) is 6.51. The van der Waals surface area contributed by atoms with Crippen LogP contribution >= 0.6 is 0 Å². The highest BCUT2D eigenvalue weighted by Crippen LogP contribution is 2.28. The Labute approximate surface area is 175 Å². The van der Waals surface area contributed by atoms with Crippen LogP contribution in [0.3, 0.4) is 0 Å². The molecule has 0 aliphatic carbocycles. The highest BCUT2D eigenvalue weighted by molar-refractivity contribution is 5.96. The van der Waals surface area contributed by atoms with E-state index in [-0.39, 0.29) is 18.5 Å². The number of nitrogens with one attached hydrogen (secondary N) is 2. The fraction of sp³-hybridized carbons (Fsp3) is 0.318. The highest BCUT2D eigenvalue weighted by Gasteiger charge is 2.13. The van der Waals surface area contributed by atoms with Gasteiger partial charge < -0.3 is 14.2 Å². The number of ketones is 1. The molecular weight excluding hydrogens is 388 g/mol. The summed E-state index contributed by atoms with van der Waals surface area (Å²) in [6.07, 6.45) is 0.378. The van der Waals surface area contributed by atoms with Crippen LogP contribution in [0.15, 0.2) is 42.5 Å². The molecule has 0 saturated carbocycles. The molecule has 0 aliphatic rings. The fourth-order valence-electron chi connectivity index (χ4n) is 2.48. The van der Waals surface area contributed by atoms with E-state index < -0.39 is 11.8 Å². The molecule has 0 aromatic heterocycles. The number of ether oxygens (including phenoxy) is 3. The molecule has 0 fully saturated rings. The van der Waals surface area contributed by atoms with E-state index in [0.29, 0.717) is 34.8 Å². The number of carbonyl (C=O) groups excluding carboxylic acids is 3. The molecule has 8 nitrogen and oxygen atoms in total. The zero-order valence-corrected chi connectivity index (χ0v) is 17.5. The molecule has 2 N–H and O–H groups in total. The Kier molecular flexibility index (Phi) is 8.22. The number of hydrogen-bond donors (Lipinski definition) is 2. The quantitative estimate of drug-likeness (QED) is 0.483. The summed E-state index contributed by atoms with van der Waals surface area (Å²) in [6.45, 7) is 5.26. The molecule has 160 valence electrons. The number of hydrazine groups is 1. The molecule has 0 unspecified atom stereocenters. The number of Topliss-reactive ketones (excluding diaryl/α,β-unsaturated/α-hetero) is 1. The van der Waals surface area contributed by atoms with E-state index in [9.17, 15) is 14.4 Å². The molecule has 2 aromatic carbocycles. The summed E-state index contributed by atoms with van der Waals surface area (Å²) in [5.74, 6) is 0.352. The average molecular weight is 414 g/mol. The van der Waals surface area contributed by atoms with Gasteiger partial charge in [-0.2, -0.15) is 0 Å². The van der Waals surface area contributed by atoms with Crippen molar-refractivity contribution < 1.29 is 28.6 Å². The van der Waals surface area contributed by atoms with Gasteiger partial charge in [0, 0.05) is 17.5 Å². The lowest BCUT2D eigenvalue weighted by Crippen LogP contribution is -2.43. The van der Waals surface area contributed by atoms with Gasteiger partial charge in [0.05, 0.1) is 13.2 Å². The molecule has 0 atom stereocenters. The topological polar surface area (TPSA) is 103 Å². The molecule has 0 heterocycles. The number of carbonyl (C=O) groups is 3. The van der Waals surface area contributed by atoms with E-state index in [2.05, 4.69) is 10.9 Å². The summed E-state index contributed by atoms with van der Waals surface area (Å²) in [4.78, 5) is 35.8. The van der Waals surface area contributed by atoms with Gasteiger partial charge in [-0.1, -0.05) is 6.92 Å². The average Bonchev–Trinajstić information content (AvgIpc) is 2.75. The van der Waals surface area contributed by atoms with Gasteiger partial charge in [-0.3, -0.25) is 25.2 Å². The summed E-state index contributed by atoms with van der Waals surface area (Å²) in [5, 5.41) is 0. The summed E-state index contributed by atoms with van der Waals surface area (Å²) in [5.41, 5.74) is 5.48. The summed E-state index contributed by atoms with van der Waals surface area (Å²) >= 11 is 0. The van der Waals surface area contributed by atoms with Gasteiger partial charge in [-0.05, 0) is 56.3 Å². The van der Waals surface area contributed by atoms with Crippen LogP contribution in [0.25, 0.3) is 0 Å².